The lowest BCUT2D eigenvalue weighted by Gasteiger charge is -2.06. The molecule has 4 aromatic rings. The summed E-state index contributed by atoms with van der Waals surface area (Å²) < 4.78 is 24.3. The standard InChI is InChI=1S/C21H15FN2O3/c1-13-5-10-18(27-13)14-6-8-17(9-7-14)24-21(25)19-20(26-12-23-19)15-3-2-4-16(22)11-15/h2-12H,1H3,(H,24,25). The Kier molecular flexibility index (Phi) is 4.30. The van der Waals surface area contributed by atoms with Crippen LogP contribution in [0.3, 0.4) is 0 Å². The highest BCUT2D eigenvalue weighted by Crippen LogP contribution is 2.26. The summed E-state index contributed by atoms with van der Waals surface area (Å²) in [4.78, 5) is 16.5. The number of amides is 1. The maximum Gasteiger partial charge on any atom is 0.278 e. The van der Waals surface area contributed by atoms with Crippen molar-refractivity contribution < 1.29 is 18.0 Å². The lowest BCUT2D eigenvalue weighted by atomic mass is 10.1. The maximum absolute atomic E-state index is 13.4. The molecule has 0 unspecified atom stereocenters. The van der Waals surface area contributed by atoms with E-state index in [9.17, 15) is 9.18 Å². The van der Waals surface area contributed by atoms with Crippen LogP contribution in [0.2, 0.25) is 0 Å². The van der Waals surface area contributed by atoms with Gasteiger partial charge in [0.25, 0.3) is 5.91 Å². The van der Waals surface area contributed by atoms with Gasteiger partial charge in [0.15, 0.2) is 17.8 Å². The Morgan fingerprint density at radius 2 is 1.85 bits per heavy atom. The third-order valence-electron chi connectivity index (χ3n) is 4.04. The first-order valence-corrected chi connectivity index (χ1v) is 8.28. The molecule has 0 bridgehead atoms. The fourth-order valence-electron chi connectivity index (χ4n) is 2.74. The maximum atomic E-state index is 13.4. The summed E-state index contributed by atoms with van der Waals surface area (Å²) in [5.41, 5.74) is 2.04. The Morgan fingerprint density at radius 1 is 1.04 bits per heavy atom. The number of carbonyl (C=O) groups is 1. The van der Waals surface area contributed by atoms with Gasteiger partial charge in [0.1, 0.15) is 17.3 Å². The number of carbonyl (C=O) groups excluding carboxylic acids is 1. The normalized spacial score (nSPS) is 10.7. The van der Waals surface area contributed by atoms with Gasteiger partial charge in [-0.15, -0.1) is 0 Å². The van der Waals surface area contributed by atoms with Crippen molar-refractivity contribution in [1.29, 1.82) is 0 Å². The number of anilines is 1. The number of benzene rings is 2. The molecule has 0 fully saturated rings. The number of aromatic nitrogens is 1. The van der Waals surface area contributed by atoms with Gasteiger partial charge in [0.05, 0.1) is 0 Å². The van der Waals surface area contributed by atoms with Gasteiger partial charge in [-0.1, -0.05) is 12.1 Å². The molecule has 2 aromatic carbocycles. The number of nitrogens with zero attached hydrogens (tertiary/aromatic N) is 1. The topological polar surface area (TPSA) is 68.3 Å². The van der Waals surface area contributed by atoms with Crippen LogP contribution in [0.15, 0.2) is 75.9 Å². The van der Waals surface area contributed by atoms with Crippen LogP contribution in [0.1, 0.15) is 16.2 Å². The summed E-state index contributed by atoms with van der Waals surface area (Å²) in [6.07, 6.45) is 1.16. The third-order valence-corrected chi connectivity index (χ3v) is 4.04. The number of hydrogen-bond acceptors (Lipinski definition) is 4. The minimum absolute atomic E-state index is 0.0892. The van der Waals surface area contributed by atoms with Gasteiger partial charge in [-0.3, -0.25) is 4.79 Å². The fraction of sp³-hybridized carbons (Fsp3) is 0.0476. The Labute approximate surface area is 154 Å². The highest BCUT2D eigenvalue weighted by molar-refractivity contribution is 6.06. The minimum Gasteiger partial charge on any atom is -0.461 e. The summed E-state index contributed by atoms with van der Waals surface area (Å²) in [5, 5.41) is 2.77. The van der Waals surface area contributed by atoms with Gasteiger partial charge in [0, 0.05) is 16.8 Å². The quantitative estimate of drug-likeness (QED) is 0.535. The Morgan fingerprint density at radius 3 is 2.56 bits per heavy atom. The van der Waals surface area contributed by atoms with E-state index in [1.165, 1.54) is 12.1 Å². The van der Waals surface area contributed by atoms with Crippen LogP contribution in [0.4, 0.5) is 10.1 Å². The van der Waals surface area contributed by atoms with Gasteiger partial charge < -0.3 is 14.2 Å². The molecule has 0 radical (unpaired) electrons. The molecule has 4 rings (SSSR count). The predicted octanol–water partition coefficient (Wildman–Crippen LogP) is 5.30. The van der Waals surface area contributed by atoms with Gasteiger partial charge in [-0.2, -0.15) is 0 Å². The molecule has 6 heteroatoms. The Hall–Kier alpha value is -3.67. The number of halogens is 1. The van der Waals surface area contributed by atoms with E-state index in [-0.39, 0.29) is 11.5 Å². The zero-order valence-electron chi connectivity index (χ0n) is 14.4. The van der Waals surface area contributed by atoms with E-state index in [0.29, 0.717) is 11.3 Å². The molecule has 2 aromatic heterocycles. The van der Waals surface area contributed by atoms with Crippen molar-refractivity contribution in [2.45, 2.75) is 6.92 Å². The van der Waals surface area contributed by atoms with Gasteiger partial charge in [-0.05, 0) is 55.5 Å². The highest BCUT2D eigenvalue weighted by Gasteiger charge is 2.19. The van der Waals surface area contributed by atoms with E-state index in [1.54, 1.807) is 24.3 Å². The Bertz CT molecular complexity index is 1100. The van der Waals surface area contributed by atoms with Crippen molar-refractivity contribution in [2.24, 2.45) is 0 Å². The summed E-state index contributed by atoms with van der Waals surface area (Å²) >= 11 is 0. The van der Waals surface area contributed by atoms with E-state index in [4.69, 9.17) is 8.83 Å². The van der Waals surface area contributed by atoms with Crippen LogP contribution in [-0.2, 0) is 0 Å². The van der Waals surface area contributed by atoms with Crippen molar-refractivity contribution in [2.75, 3.05) is 5.32 Å². The minimum atomic E-state index is -0.440. The smallest absolute Gasteiger partial charge is 0.278 e. The summed E-state index contributed by atoms with van der Waals surface area (Å²) in [7, 11) is 0. The average Bonchev–Trinajstić information content (AvgIpc) is 3.31. The van der Waals surface area contributed by atoms with Crippen LogP contribution in [0, 0.1) is 12.7 Å². The molecule has 0 atom stereocenters. The van der Waals surface area contributed by atoms with Gasteiger partial charge in [0.2, 0.25) is 0 Å². The molecule has 0 aliphatic carbocycles. The lowest BCUT2D eigenvalue weighted by molar-refractivity contribution is 0.102. The number of furan rings is 1. The lowest BCUT2D eigenvalue weighted by Crippen LogP contribution is -2.13. The Balaban J connectivity index is 1.54. The summed E-state index contributed by atoms with van der Waals surface area (Å²) in [6.45, 7) is 1.88. The summed E-state index contributed by atoms with van der Waals surface area (Å²) in [6, 6.07) is 16.8. The second-order valence-corrected chi connectivity index (χ2v) is 5.98. The van der Waals surface area contributed by atoms with Crippen LogP contribution >= 0.6 is 0 Å². The van der Waals surface area contributed by atoms with Crippen molar-refractivity contribution in [3.8, 4) is 22.6 Å². The molecule has 0 aliphatic rings. The van der Waals surface area contributed by atoms with E-state index in [2.05, 4.69) is 10.3 Å². The van der Waals surface area contributed by atoms with Gasteiger partial charge in [-0.25, -0.2) is 9.37 Å². The van der Waals surface area contributed by atoms with Crippen molar-refractivity contribution >= 4 is 11.6 Å². The fourth-order valence-corrected chi connectivity index (χ4v) is 2.74. The molecular formula is C21H15FN2O3. The van der Waals surface area contributed by atoms with Crippen LogP contribution in [-0.4, -0.2) is 10.9 Å². The molecule has 1 amide bonds. The van der Waals surface area contributed by atoms with E-state index in [1.807, 2.05) is 31.2 Å². The zero-order valence-corrected chi connectivity index (χ0v) is 14.4. The first kappa shape index (κ1) is 16.8. The first-order chi connectivity index (χ1) is 13.1. The van der Waals surface area contributed by atoms with E-state index < -0.39 is 11.7 Å². The molecule has 134 valence electrons. The molecule has 0 saturated carbocycles. The van der Waals surface area contributed by atoms with Crippen molar-refractivity contribution in [3.63, 3.8) is 0 Å². The monoisotopic (exact) mass is 362 g/mol. The number of oxazole rings is 1. The largest absolute Gasteiger partial charge is 0.461 e. The molecule has 5 nitrogen and oxygen atoms in total. The number of rotatable bonds is 4. The van der Waals surface area contributed by atoms with Crippen LogP contribution < -0.4 is 5.32 Å². The van der Waals surface area contributed by atoms with Gasteiger partial charge >= 0.3 is 0 Å². The summed E-state index contributed by atoms with van der Waals surface area (Å²) in [5.74, 6) is 0.951. The average molecular weight is 362 g/mol. The third kappa shape index (κ3) is 3.50. The molecule has 2 heterocycles. The molecule has 1 N–H and O–H groups in total. The van der Waals surface area contributed by atoms with Crippen LogP contribution in [0.25, 0.3) is 22.6 Å². The zero-order chi connectivity index (χ0) is 18.8. The second kappa shape index (κ2) is 6.92. The second-order valence-electron chi connectivity index (χ2n) is 5.98. The van der Waals surface area contributed by atoms with E-state index in [0.717, 1.165) is 23.5 Å². The van der Waals surface area contributed by atoms with Crippen LogP contribution in [0.5, 0.6) is 0 Å². The van der Waals surface area contributed by atoms with Crippen molar-refractivity contribution in [1.82, 2.24) is 4.98 Å². The molecule has 0 saturated heterocycles. The first-order valence-electron chi connectivity index (χ1n) is 8.28. The van der Waals surface area contributed by atoms with E-state index >= 15 is 0 Å². The van der Waals surface area contributed by atoms with Crippen molar-refractivity contribution in [3.05, 3.63) is 84.3 Å². The molecule has 0 spiro atoms. The molecule has 27 heavy (non-hydrogen) atoms. The molecular weight excluding hydrogens is 347 g/mol. The SMILES string of the molecule is Cc1ccc(-c2ccc(NC(=O)c3ncoc3-c3cccc(F)c3)cc2)o1. The number of hydrogen-bond donors (Lipinski definition) is 1. The molecule has 0 aliphatic heterocycles. The number of nitrogens with one attached hydrogen (secondary N) is 1. The number of aryl methyl sites for hydroxylation is 1. The predicted molar refractivity (Wildman–Crippen MR) is 98.7 cm³/mol. The highest BCUT2D eigenvalue weighted by atomic mass is 19.1.